The lowest BCUT2D eigenvalue weighted by Gasteiger charge is -2.35. The molecule has 4 nitrogen and oxygen atoms in total. The van der Waals surface area contributed by atoms with Crippen molar-refractivity contribution in [2.45, 2.75) is 32.4 Å². The van der Waals surface area contributed by atoms with Gasteiger partial charge >= 0.3 is 6.61 Å². The predicted molar refractivity (Wildman–Crippen MR) is 55.1 cm³/mol. The van der Waals surface area contributed by atoms with Gasteiger partial charge in [-0.05, 0) is 25.7 Å². The molecule has 2 rings (SSSR count). The molecule has 0 bridgehead atoms. The molecule has 1 aromatic rings. The van der Waals surface area contributed by atoms with Gasteiger partial charge in [0.1, 0.15) is 0 Å². The Morgan fingerprint density at radius 3 is 2.81 bits per heavy atom. The molecular weight excluding hydrogens is 216 g/mol. The molecular formula is C10H15F2N3O. The van der Waals surface area contributed by atoms with Crippen molar-refractivity contribution < 1.29 is 13.5 Å². The van der Waals surface area contributed by atoms with Crippen molar-refractivity contribution in [2.24, 2.45) is 5.92 Å². The number of nitrogens with two attached hydrogens (primary N) is 1. The maximum absolute atomic E-state index is 11.8. The average Bonchev–Trinajstić information content (AvgIpc) is 2.46. The highest BCUT2D eigenvalue weighted by Gasteiger charge is 2.32. The van der Waals surface area contributed by atoms with Crippen LogP contribution in [0.5, 0.6) is 0 Å². The first kappa shape index (κ1) is 11.3. The van der Waals surface area contributed by atoms with E-state index in [1.807, 2.05) is 11.6 Å². The molecule has 0 aromatic carbocycles. The Morgan fingerprint density at radius 2 is 2.31 bits per heavy atom. The monoisotopic (exact) mass is 231 g/mol. The molecule has 1 aromatic heterocycles. The third kappa shape index (κ3) is 2.16. The third-order valence-electron chi connectivity index (χ3n) is 3.10. The van der Waals surface area contributed by atoms with Crippen LogP contribution in [0.15, 0.2) is 6.20 Å². The molecule has 1 heterocycles. The van der Waals surface area contributed by atoms with E-state index in [1.54, 1.807) is 6.20 Å². The van der Waals surface area contributed by atoms with Crippen LogP contribution in [-0.2, 0) is 4.74 Å². The molecule has 1 saturated carbocycles. The van der Waals surface area contributed by atoms with Gasteiger partial charge in [0.2, 0.25) is 0 Å². The van der Waals surface area contributed by atoms with Crippen molar-refractivity contribution in [3.63, 3.8) is 0 Å². The summed E-state index contributed by atoms with van der Waals surface area (Å²) < 4.78 is 29.7. The van der Waals surface area contributed by atoms with E-state index < -0.39 is 6.61 Å². The Bertz CT molecular complexity index is 361. The summed E-state index contributed by atoms with van der Waals surface area (Å²) in [6.45, 7) is -0.629. The van der Waals surface area contributed by atoms with Crippen LogP contribution in [0.25, 0.3) is 0 Å². The van der Waals surface area contributed by atoms with Gasteiger partial charge in [0.05, 0.1) is 30.2 Å². The molecule has 2 N–H and O–H groups in total. The van der Waals surface area contributed by atoms with E-state index in [9.17, 15) is 8.78 Å². The topological polar surface area (TPSA) is 53.1 Å². The van der Waals surface area contributed by atoms with Crippen molar-refractivity contribution >= 4 is 5.69 Å². The number of rotatable bonds is 4. The van der Waals surface area contributed by atoms with E-state index >= 15 is 0 Å². The van der Waals surface area contributed by atoms with Gasteiger partial charge in [-0.25, -0.2) is 0 Å². The van der Waals surface area contributed by atoms with E-state index in [-0.39, 0.29) is 18.6 Å². The molecule has 0 saturated heterocycles. The van der Waals surface area contributed by atoms with Crippen LogP contribution in [-0.4, -0.2) is 23.0 Å². The third-order valence-corrected chi connectivity index (χ3v) is 3.10. The van der Waals surface area contributed by atoms with Crippen LogP contribution in [0, 0.1) is 12.8 Å². The highest BCUT2D eigenvalue weighted by Crippen LogP contribution is 2.38. The summed E-state index contributed by atoms with van der Waals surface area (Å²) in [6, 6.07) is 0.281. The van der Waals surface area contributed by atoms with E-state index in [0.717, 1.165) is 18.5 Å². The highest BCUT2D eigenvalue weighted by molar-refractivity contribution is 5.40. The Balaban J connectivity index is 1.82. The molecule has 0 radical (unpaired) electrons. The molecule has 90 valence electrons. The quantitative estimate of drug-likeness (QED) is 0.861. The first-order valence-electron chi connectivity index (χ1n) is 5.27. The molecule has 0 spiro atoms. The molecule has 0 amide bonds. The number of aromatic nitrogens is 2. The standard InChI is InChI=1S/C10H15F2N3O/c1-6-9(13)4-14-15(6)8-2-7(3-8)5-16-10(11)12/h4,7-8,10H,2-3,5,13H2,1H3. The fourth-order valence-corrected chi connectivity index (χ4v) is 2.05. The van der Waals surface area contributed by atoms with E-state index in [4.69, 9.17) is 5.73 Å². The SMILES string of the molecule is Cc1c(N)cnn1C1CC(COC(F)F)C1. The largest absolute Gasteiger partial charge is 0.396 e. The molecule has 1 aliphatic carbocycles. The normalized spacial score (nSPS) is 24.8. The summed E-state index contributed by atoms with van der Waals surface area (Å²) in [6.07, 6.45) is 3.28. The van der Waals surface area contributed by atoms with Crippen molar-refractivity contribution in [3.8, 4) is 0 Å². The zero-order chi connectivity index (χ0) is 11.7. The number of hydrogen-bond donors (Lipinski definition) is 1. The molecule has 6 heteroatoms. The number of anilines is 1. The second-order valence-corrected chi connectivity index (χ2v) is 4.22. The smallest absolute Gasteiger partial charge is 0.345 e. The zero-order valence-corrected chi connectivity index (χ0v) is 9.07. The lowest BCUT2D eigenvalue weighted by atomic mass is 9.81. The average molecular weight is 231 g/mol. The van der Waals surface area contributed by atoms with Gasteiger partial charge in [0.25, 0.3) is 0 Å². The number of ether oxygens (including phenoxy) is 1. The Labute approximate surface area is 92.4 Å². The van der Waals surface area contributed by atoms with Crippen LogP contribution in [0.3, 0.4) is 0 Å². The van der Waals surface area contributed by atoms with Gasteiger partial charge < -0.3 is 10.5 Å². The summed E-state index contributed by atoms with van der Waals surface area (Å²) >= 11 is 0. The summed E-state index contributed by atoms with van der Waals surface area (Å²) in [5.41, 5.74) is 7.30. The summed E-state index contributed by atoms with van der Waals surface area (Å²) in [5, 5.41) is 4.17. The minimum Gasteiger partial charge on any atom is -0.396 e. The maximum Gasteiger partial charge on any atom is 0.345 e. The van der Waals surface area contributed by atoms with Crippen LogP contribution in [0.4, 0.5) is 14.5 Å². The number of halogens is 2. The molecule has 0 aliphatic heterocycles. The fraction of sp³-hybridized carbons (Fsp3) is 0.700. The first-order valence-corrected chi connectivity index (χ1v) is 5.27. The Hall–Kier alpha value is -1.17. The minimum absolute atomic E-state index is 0.129. The number of nitrogens with zero attached hydrogens (tertiary/aromatic N) is 2. The van der Waals surface area contributed by atoms with Gasteiger partial charge in [-0.2, -0.15) is 13.9 Å². The van der Waals surface area contributed by atoms with E-state index in [0.29, 0.717) is 5.69 Å². The number of alkyl halides is 2. The van der Waals surface area contributed by atoms with Crippen LogP contribution >= 0.6 is 0 Å². The molecule has 0 atom stereocenters. The number of hydrogen-bond acceptors (Lipinski definition) is 3. The van der Waals surface area contributed by atoms with Gasteiger partial charge in [0, 0.05) is 0 Å². The van der Waals surface area contributed by atoms with Crippen molar-refractivity contribution in [1.29, 1.82) is 0 Å². The zero-order valence-electron chi connectivity index (χ0n) is 9.07. The molecule has 16 heavy (non-hydrogen) atoms. The maximum atomic E-state index is 11.8. The molecule has 1 fully saturated rings. The fourth-order valence-electron chi connectivity index (χ4n) is 2.05. The number of nitrogen functional groups attached to an aromatic ring is 1. The van der Waals surface area contributed by atoms with Crippen molar-refractivity contribution in [1.82, 2.24) is 9.78 Å². The highest BCUT2D eigenvalue weighted by atomic mass is 19.3. The summed E-state index contributed by atoms with van der Waals surface area (Å²) in [5.74, 6) is 0.212. The summed E-state index contributed by atoms with van der Waals surface area (Å²) in [4.78, 5) is 0. The van der Waals surface area contributed by atoms with Crippen LogP contribution in [0.1, 0.15) is 24.6 Å². The predicted octanol–water partition coefficient (Wildman–Crippen LogP) is 1.96. The molecule has 0 unspecified atom stereocenters. The first-order chi connectivity index (χ1) is 7.58. The van der Waals surface area contributed by atoms with Gasteiger partial charge in [-0.15, -0.1) is 0 Å². The summed E-state index contributed by atoms with van der Waals surface area (Å²) in [7, 11) is 0. The minimum atomic E-state index is -2.67. The van der Waals surface area contributed by atoms with Gasteiger partial charge in [-0.3, -0.25) is 4.68 Å². The van der Waals surface area contributed by atoms with Crippen molar-refractivity contribution in [2.75, 3.05) is 12.3 Å². The second-order valence-electron chi connectivity index (χ2n) is 4.22. The second kappa shape index (κ2) is 4.37. The lowest BCUT2D eigenvalue weighted by molar-refractivity contribution is -0.146. The Morgan fingerprint density at radius 1 is 1.62 bits per heavy atom. The van der Waals surface area contributed by atoms with E-state index in [1.165, 1.54) is 0 Å². The Kier molecular flexibility index (Phi) is 3.09. The lowest BCUT2D eigenvalue weighted by Crippen LogP contribution is -2.31. The van der Waals surface area contributed by atoms with Gasteiger partial charge in [0.15, 0.2) is 0 Å². The van der Waals surface area contributed by atoms with Gasteiger partial charge in [-0.1, -0.05) is 0 Å². The van der Waals surface area contributed by atoms with Crippen LogP contribution < -0.4 is 5.73 Å². The van der Waals surface area contributed by atoms with Crippen LogP contribution in [0.2, 0.25) is 0 Å². The van der Waals surface area contributed by atoms with Crippen molar-refractivity contribution in [3.05, 3.63) is 11.9 Å². The van der Waals surface area contributed by atoms with E-state index in [2.05, 4.69) is 9.84 Å². The molecule has 1 aliphatic rings.